The summed E-state index contributed by atoms with van der Waals surface area (Å²) in [5, 5.41) is 22.9. The van der Waals surface area contributed by atoms with Gasteiger partial charge in [0.15, 0.2) is 11.5 Å². The molecule has 0 bridgehead atoms. The number of methoxy groups -OCH3 is 1. The van der Waals surface area contributed by atoms with Gasteiger partial charge in [-0.25, -0.2) is 4.98 Å². The van der Waals surface area contributed by atoms with Crippen LogP contribution in [0.1, 0.15) is 37.5 Å². The Morgan fingerprint density at radius 2 is 1.98 bits per heavy atom. The van der Waals surface area contributed by atoms with E-state index in [2.05, 4.69) is 38.4 Å². The minimum absolute atomic E-state index is 0.0405. The zero-order valence-corrected chi connectivity index (χ0v) is 24.4. The molecule has 5 heterocycles. The number of pyridine rings is 2. The van der Waals surface area contributed by atoms with Crippen molar-refractivity contribution in [2.75, 3.05) is 38.3 Å². The predicted octanol–water partition coefficient (Wildman–Crippen LogP) is 5.30. The minimum Gasteiger partial charge on any atom is -0.493 e. The van der Waals surface area contributed by atoms with E-state index in [1.54, 1.807) is 13.3 Å². The molecule has 6 rings (SSSR count). The lowest BCUT2D eigenvalue weighted by Gasteiger charge is -2.50. The lowest BCUT2D eigenvalue weighted by Crippen LogP contribution is -2.69. The van der Waals surface area contributed by atoms with E-state index in [0.29, 0.717) is 55.8 Å². The number of ether oxygens (including phenoxy) is 3. The number of anilines is 1. The Morgan fingerprint density at radius 3 is 2.66 bits per heavy atom. The van der Waals surface area contributed by atoms with Crippen LogP contribution in [-0.2, 0) is 4.74 Å². The van der Waals surface area contributed by atoms with Crippen molar-refractivity contribution in [1.29, 1.82) is 5.26 Å². The minimum atomic E-state index is -0.483. The number of nitriles is 1. The normalized spacial score (nSPS) is 18.6. The Balaban J connectivity index is 1.27. The highest BCUT2D eigenvalue weighted by Crippen LogP contribution is 2.40. The van der Waals surface area contributed by atoms with Crippen molar-refractivity contribution in [3.8, 4) is 28.8 Å². The zero-order chi connectivity index (χ0) is 28.7. The maximum absolute atomic E-state index is 10.0. The van der Waals surface area contributed by atoms with E-state index in [-0.39, 0.29) is 5.54 Å². The first kappa shape index (κ1) is 27.5. The number of hydrogen-bond donors (Lipinski definition) is 2. The average Bonchev–Trinajstić information content (AvgIpc) is 3.60. The number of hydrogen-bond acceptors (Lipinski definition) is 9. The average molecular weight is 595 g/mol. The van der Waals surface area contributed by atoms with Crippen LogP contribution in [-0.4, -0.2) is 65.2 Å². The molecule has 0 saturated carbocycles. The number of halogens is 2. The van der Waals surface area contributed by atoms with E-state index in [4.69, 9.17) is 42.4 Å². The highest BCUT2D eigenvalue weighted by Gasteiger charge is 2.42. The van der Waals surface area contributed by atoms with Gasteiger partial charge in [-0.1, -0.05) is 23.2 Å². The fourth-order valence-corrected chi connectivity index (χ4v) is 6.33. The number of aromatic nitrogens is 4. The summed E-state index contributed by atoms with van der Waals surface area (Å²) in [7, 11) is 1.57. The molecule has 0 radical (unpaired) electrons. The van der Waals surface area contributed by atoms with Gasteiger partial charge in [0.2, 0.25) is 0 Å². The fourth-order valence-electron chi connectivity index (χ4n) is 5.66. The largest absolute Gasteiger partial charge is 0.493 e. The SMILES string of the molecule is COc1cc2[nH]nc(-c3cnc(N4CC(C)(N[C@@H]5CCOC5)C4)c(C#N)c3)c2cc1O[C@H](C)c1c(Cl)cncc1Cl. The molecule has 2 aliphatic rings. The number of nitrogens with zero attached hydrogens (tertiary/aromatic N) is 5. The van der Waals surface area contributed by atoms with Crippen molar-refractivity contribution in [2.45, 2.75) is 38.0 Å². The third kappa shape index (κ3) is 5.26. The van der Waals surface area contributed by atoms with E-state index >= 15 is 0 Å². The molecule has 3 aromatic heterocycles. The van der Waals surface area contributed by atoms with Crippen LogP contribution in [0, 0.1) is 11.3 Å². The van der Waals surface area contributed by atoms with Crippen molar-refractivity contribution in [1.82, 2.24) is 25.5 Å². The van der Waals surface area contributed by atoms with Crippen LogP contribution in [0.4, 0.5) is 5.82 Å². The van der Waals surface area contributed by atoms with Crippen LogP contribution in [0.2, 0.25) is 10.0 Å². The Labute approximate surface area is 247 Å². The first-order valence-corrected chi connectivity index (χ1v) is 14.1. The number of H-pyrrole nitrogens is 1. The van der Waals surface area contributed by atoms with Crippen molar-refractivity contribution < 1.29 is 14.2 Å². The molecule has 41 heavy (non-hydrogen) atoms. The molecule has 212 valence electrons. The summed E-state index contributed by atoms with van der Waals surface area (Å²) in [6.45, 7) is 7.12. The Hall–Kier alpha value is -3.62. The van der Waals surface area contributed by atoms with Gasteiger partial charge < -0.3 is 24.4 Å². The van der Waals surface area contributed by atoms with Crippen LogP contribution in [0.3, 0.4) is 0 Å². The van der Waals surface area contributed by atoms with E-state index in [9.17, 15) is 5.26 Å². The molecule has 4 aromatic rings. The van der Waals surface area contributed by atoms with Crippen molar-refractivity contribution >= 4 is 39.9 Å². The van der Waals surface area contributed by atoms with Crippen molar-refractivity contribution in [2.24, 2.45) is 0 Å². The predicted molar refractivity (Wildman–Crippen MR) is 157 cm³/mol. The third-order valence-electron chi connectivity index (χ3n) is 7.57. The van der Waals surface area contributed by atoms with E-state index in [0.717, 1.165) is 43.6 Å². The smallest absolute Gasteiger partial charge is 0.162 e. The van der Waals surface area contributed by atoms with Gasteiger partial charge >= 0.3 is 0 Å². The van der Waals surface area contributed by atoms with E-state index in [1.165, 1.54) is 12.4 Å². The van der Waals surface area contributed by atoms with Gasteiger partial charge in [-0.05, 0) is 32.4 Å². The molecule has 1 aromatic carbocycles. The van der Waals surface area contributed by atoms with Gasteiger partial charge in [0.25, 0.3) is 0 Å². The summed E-state index contributed by atoms with van der Waals surface area (Å²) in [4.78, 5) is 10.8. The number of aromatic amines is 1. The van der Waals surface area contributed by atoms with Crippen molar-refractivity contribution in [3.63, 3.8) is 0 Å². The lowest BCUT2D eigenvalue weighted by molar-refractivity contribution is 0.175. The number of rotatable bonds is 8. The molecule has 0 amide bonds. The number of benzene rings is 1. The molecule has 10 nitrogen and oxygen atoms in total. The second-order valence-electron chi connectivity index (χ2n) is 10.7. The maximum Gasteiger partial charge on any atom is 0.162 e. The molecule has 12 heteroatoms. The molecule has 2 atom stereocenters. The van der Waals surface area contributed by atoms with Crippen LogP contribution in [0.5, 0.6) is 11.5 Å². The summed E-state index contributed by atoms with van der Waals surface area (Å²) in [5.41, 5.74) is 3.19. The van der Waals surface area contributed by atoms with E-state index in [1.807, 2.05) is 25.1 Å². The number of fused-ring (bicyclic) bond motifs is 1. The fraction of sp³-hybridized carbons (Fsp3) is 0.379. The lowest BCUT2D eigenvalue weighted by atomic mass is 9.90. The van der Waals surface area contributed by atoms with E-state index < -0.39 is 6.10 Å². The van der Waals surface area contributed by atoms with Gasteiger partial charge in [-0.15, -0.1) is 0 Å². The summed E-state index contributed by atoms with van der Waals surface area (Å²) >= 11 is 12.7. The van der Waals surface area contributed by atoms with Gasteiger partial charge in [0.05, 0.1) is 40.4 Å². The van der Waals surface area contributed by atoms with Gasteiger partial charge in [0.1, 0.15) is 23.7 Å². The molecule has 2 fully saturated rings. The first-order valence-electron chi connectivity index (χ1n) is 13.3. The molecule has 0 spiro atoms. The van der Waals surface area contributed by atoms with Gasteiger partial charge in [-0.2, -0.15) is 10.4 Å². The van der Waals surface area contributed by atoms with Crippen LogP contribution < -0.4 is 19.7 Å². The third-order valence-corrected chi connectivity index (χ3v) is 8.17. The summed E-state index contributed by atoms with van der Waals surface area (Å²) in [6.07, 6.45) is 5.35. The highest BCUT2D eigenvalue weighted by atomic mass is 35.5. The van der Waals surface area contributed by atoms with Gasteiger partial charge in [0, 0.05) is 66.9 Å². The Bertz CT molecular complexity index is 1620. The molecule has 2 aliphatic heterocycles. The monoisotopic (exact) mass is 593 g/mol. The topological polar surface area (TPSA) is 121 Å². The second kappa shape index (κ2) is 11.0. The molecular formula is C29H29Cl2N7O3. The second-order valence-corrected chi connectivity index (χ2v) is 11.5. The zero-order valence-electron chi connectivity index (χ0n) is 22.9. The van der Waals surface area contributed by atoms with Crippen LogP contribution in [0.15, 0.2) is 36.8 Å². The molecular weight excluding hydrogens is 565 g/mol. The van der Waals surface area contributed by atoms with Crippen LogP contribution in [0.25, 0.3) is 22.2 Å². The van der Waals surface area contributed by atoms with Crippen LogP contribution >= 0.6 is 23.2 Å². The maximum atomic E-state index is 10.0. The standard InChI is InChI=1S/C29H29Cl2N7O3/c1-16(26-21(30)11-33-12-22(26)31)41-25-7-20-23(8-24(25)39-3)36-37-27(20)18-6-17(9-32)28(34-10-18)38-14-29(2,15-38)35-19-4-5-40-13-19/h6-8,10-12,16,19,35H,4-5,13-15H2,1-3H3,(H,36,37)/t16-,19-/m1/s1. The highest BCUT2D eigenvalue weighted by molar-refractivity contribution is 6.35. The van der Waals surface area contributed by atoms with Crippen molar-refractivity contribution in [3.05, 3.63) is 58.0 Å². The molecule has 0 aliphatic carbocycles. The molecule has 2 N–H and O–H groups in total. The number of nitrogens with one attached hydrogen (secondary N) is 2. The summed E-state index contributed by atoms with van der Waals surface area (Å²) in [6, 6.07) is 8.19. The van der Waals surface area contributed by atoms with Gasteiger partial charge in [-0.3, -0.25) is 10.1 Å². The molecule has 2 saturated heterocycles. The summed E-state index contributed by atoms with van der Waals surface area (Å²) in [5.74, 6) is 1.68. The Kier molecular flexibility index (Phi) is 7.38. The Morgan fingerprint density at radius 1 is 1.20 bits per heavy atom. The first-order chi connectivity index (χ1) is 19.8. The quantitative estimate of drug-likeness (QED) is 0.280. The summed E-state index contributed by atoms with van der Waals surface area (Å²) < 4.78 is 17.4. The molecule has 0 unspecified atom stereocenters.